The summed E-state index contributed by atoms with van der Waals surface area (Å²) in [7, 11) is 0. The van der Waals surface area contributed by atoms with Gasteiger partial charge in [-0.15, -0.1) is 10.2 Å². The molecule has 2 fully saturated rings. The SMILES string of the molecule is CC(Sc1nnc(N2CCCCC2)n1C1CC1)C(=O)Nc1cc(Cl)cc(Cl)c1. The predicted molar refractivity (Wildman–Crippen MR) is 115 cm³/mol. The number of nitrogens with one attached hydrogen (secondary N) is 1. The quantitative estimate of drug-likeness (QED) is 0.639. The first kappa shape index (κ1) is 19.9. The summed E-state index contributed by atoms with van der Waals surface area (Å²) in [6.45, 7) is 3.93. The third kappa shape index (κ3) is 4.58. The molecule has 1 aliphatic carbocycles. The number of hydrogen-bond donors (Lipinski definition) is 1. The van der Waals surface area contributed by atoms with Crippen LogP contribution in [-0.2, 0) is 4.79 Å². The number of amides is 1. The molecule has 4 rings (SSSR count). The molecule has 6 nitrogen and oxygen atoms in total. The zero-order chi connectivity index (χ0) is 19.7. The molecule has 1 amide bonds. The van der Waals surface area contributed by atoms with E-state index in [2.05, 4.69) is 25.0 Å². The first-order valence-corrected chi connectivity index (χ1v) is 11.3. The molecule has 2 heterocycles. The van der Waals surface area contributed by atoms with Crippen LogP contribution in [0, 0.1) is 0 Å². The van der Waals surface area contributed by atoms with Crippen molar-refractivity contribution in [2.75, 3.05) is 23.3 Å². The minimum absolute atomic E-state index is 0.117. The van der Waals surface area contributed by atoms with Gasteiger partial charge in [0.2, 0.25) is 11.9 Å². The molecule has 1 unspecified atom stereocenters. The number of anilines is 2. The summed E-state index contributed by atoms with van der Waals surface area (Å²) < 4.78 is 2.23. The second-order valence-corrected chi connectivity index (χ2v) is 9.52. The van der Waals surface area contributed by atoms with Gasteiger partial charge in [-0.25, -0.2) is 0 Å². The summed E-state index contributed by atoms with van der Waals surface area (Å²) in [5, 5.41) is 13.2. The highest BCUT2D eigenvalue weighted by atomic mass is 35.5. The summed E-state index contributed by atoms with van der Waals surface area (Å²) >= 11 is 13.5. The molecule has 9 heteroatoms. The minimum atomic E-state index is -0.325. The third-order valence-electron chi connectivity index (χ3n) is 4.98. The molecule has 28 heavy (non-hydrogen) atoms. The topological polar surface area (TPSA) is 63.1 Å². The van der Waals surface area contributed by atoms with Gasteiger partial charge in [-0.2, -0.15) is 0 Å². The van der Waals surface area contributed by atoms with Gasteiger partial charge >= 0.3 is 0 Å². The molecular weight excluding hydrogens is 417 g/mol. The monoisotopic (exact) mass is 439 g/mol. The molecule has 1 atom stereocenters. The molecule has 2 aliphatic rings. The number of carbonyl (C=O) groups excluding carboxylic acids is 1. The van der Waals surface area contributed by atoms with Gasteiger partial charge in [0.25, 0.3) is 0 Å². The van der Waals surface area contributed by atoms with Crippen LogP contribution in [0.2, 0.25) is 10.0 Å². The Morgan fingerprint density at radius 1 is 1.14 bits per heavy atom. The van der Waals surface area contributed by atoms with Gasteiger partial charge in [-0.3, -0.25) is 9.36 Å². The smallest absolute Gasteiger partial charge is 0.237 e. The van der Waals surface area contributed by atoms with Crippen LogP contribution in [-0.4, -0.2) is 39.0 Å². The molecule has 0 bridgehead atoms. The highest BCUT2D eigenvalue weighted by molar-refractivity contribution is 8.00. The van der Waals surface area contributed by atoms with Crippen molar-refractivity contribution < 1.29 is 4.79 Å². The van der Waals surface area contributed by atoms with E-state index in [4.69, 9.17) is 23.2 Å². The van der Waals surface area contributed by atoms with Crippen molar-refractivity contribution >= 4 is 52.5 Å². The van der Waals surface area contributed by atoms with Gasteiger partial charge in [0.1, 0.15) is 0 Å². The van der Waals surface area contributed by atoms with Crippen LogP contribution < -0.4 is 10.2 Å². The summed E-state index contributed by atoms with van der Waals surface area (Å²) in [5.74, 6) is 0.840. The van der Waals surface area contributed by atoms with E-state index in [9.17, 15) is 4.79 Å². The lowest BCUT2D eigenvalue weighted by Gasteiger charge is -2.28. The summed E-state index contributed by atoms with van der Waals surface area (Å²) in [6.07, 6.45) is 5.96. The maximum absolute atomic E-state index is 12.7. The second-order valence-electron chi connectivity index (χ2n) is 7.34. The number of aromatic nitrogens is 3. The van der Waals surface area contributed by atoms with Crippen LogP contribution >= 0.6 is 35.0 Å². The zero-order valence-corrected chi connectivity index (χ0v) is 18.0. The molecule has 2 aromatic rings. The number of halogens is 2. The maximum Gasteiger partial charge on any atom is 0.237 e. The Labute approximate surface area is 179 Å². The van der Waals surface area contributed by atoms with E-state index in [1.807, 2.05) is 6.92 Å². The lowest BCUT2D eigenvalue weighted by molar-refractivity contribution is -0.115. The molecule has 150 valence electrons. The molecule has 1 aromatic heterocycles. The summed E-state index contributed by atoms with van der Waals surface area (Å²) in [5.41, 5.74) is 0.590. The Hall–Kier alpha value is -1.44. The molecule has 1 saturated heterocycles. The number of rotatable bonds is 6. The fourth-order valence-electron chi connectivity index (χ4n) is 3.39. The van der Waals surface area contributed by atoms with Crippen molar-refractivity contribution in [1.29, 1.82) is 0 Å². The number of piperidine rings is 1. The van der Waals surface area contributed by atoms with Crippen LogP contribution in [0.1, 0.15) is 45.1 Å². The van der Waals surface area contributed by atoms with E-state index < -0.39 is 0 Å². The Bertz CT molecular complexity index is 844. The van der Waals surface area contributed by atoms with E-state index in [0.717, 1.165) is 37.0 Å². The molecule has 1 aromatic carbocycles. The molecule has 0 radical (unpaired) electrons. The maximum atomic E-state index is 12.7. The minimum Gasteiger partial charge on any atom is -0.341 e. The Balaban J connectivity index is 1.47. The number of benzene rings is 1. The van der Waals surface area contributed by atoms with E-state index in [0.29, 0.717) is 21.8 Å². The molecule has 0 spiro atoms. The van der Waals surface area contributed by atoms with Gasteiger partial charge in [0, 0.05) is 34.9 Å². The number of thioether (sulfide) groups is 1. The highest BCUT2D eigenvalue weighted by Crippen LogP contribution is 2.42. The number of nitrogens with zero attached hydrogens (tertiary/aromatic N) is 4. The van der Waals surface area contributed by atoms with Crippen molar-refractivity contribution in [1.82, 2.24) is 14.8 Å². The van der Waals surface area contributed by atoms with Crippen LogP contribution in [0.5, 0.6) is 0 Å². The average Bonchev–Trinajstić information content (AvgIpc) is 3.41. The Morgan fingerprint density at radius 3 is 2.46 bits per heavy atom. The fraction of sp³-hybridized carbons (Fsp3) is 0.526. The van der Waals surface area contributed by atoms with Crippen molar-refractivity contribution in [3.8, 4) is 0 Å². The fourth-order valence-corrected chi connectivity index (χ4v) is 4.83. The molecule has 1 aliphatic heterocycles. The van der Waals surface area contributed by atoms with Crippen LogP contribution in [0.25, 0.3) is 0 Å². The summed E-state index contributed by atoms with van der Waals surface area (Å²) in [6, 6.07) is 5.46. The van der Waals surface area contributed by atoms with Crippen molar-refractivity contribution in [2.24, 2.45) is 0 Å². The molecule has 1 saturated carbocycles. The van der Waals surface area contributed by atoms with Gasteiger partial charge in [0.05, 0.1) is 5.25 Å². The lowest BCUT2D eigenvalue weighted by atomic mass is 10.1. The second kappa shape index (κ2) is 8.51. The zero-order valence-electron chi connectivity index (χ0n) is 15.7. The van der Waals surface area contributed by atoms with Gasteiger partial charge in [0.15, 0.2) is 5.16 Å². The Morgan fingerprint density at radius 2 is 1.82 bits per heavy atom. The predicted octanol–water partition coefficient (Wildman–Crippen LogP) is 5.03. The van der Waals surface area contributed by atoms with Crippen molar-refractivity contribution in [3.63, 3.8) is 0 Å². The number of hydrogen-bond acceptors (Lipinski definition) is 5. The standard InChI is InChI=1S/C19H23Cl2N5OS/c1-12(17(27)22-15-10-13(20)9-14(21)11-15)28-19-24-23-18(26(19)16-5-6-16)25-7-3-2-4-8-25/h9-12,16H,2-8H2,1H3,(H,22,27). The van der Waals surface area contributed by atoms with Gasteiger partial charge in [-0.1, -0.05) is 35.0 Å². The lowest BCUT2D eigenvalue weighted by Crippen LogP contribution is -2.32. The third-order valence-corrected chi connectivity index (χ3v) is 6.47. The van der Waals surface area contributed by atoms with E-state index >= 15 is 0 Å². The molecular formula is C19H23Cl2N5OS. The first-order valence-electron chi connectivity index (χ1n) is 9.65. The van der Waals surface area contributed by atoms with Crippen LogP contribution in [0.3, 0.4) is 0 Å². The largest absolute Gasteiger partial charge is 0.341 e. The van der Waals surface area contributed by atoms with Crippen LogP contribution in [0.4, 0.5) is 11.6 Å². The van der Waals surface area contributed by atoms with Crippen molar-refractivity contribution in [2.45, 2.75) is 55.5 Å². The van der Waals surface area contributed by atoms with E-state index in [1.165, 1.54) is 31.0 Å². The van der Waals surface area contributed by atoms with Gasteiger partial charge < -0.3 is 10.2 Å². The van der Waals surface area contributed by atoms with Crippen LogP contribution in [0.15, 0.2) is 23.4 Å². The van der Waals surface area contributed by atoms with Gasteiger partial charge in [-0.05, 0) is 57.2 Å². The van der Waals surface area contributed by atoms with E-state index in [1.54, 1.807) is 18.2 Å². The highest BCUT2D eigenvalue weighted by Gasteiger charge is 2.33. The Kier molecular flexibility index (Phi) is 6.04. The average molecular weight is 440 g/mol. The number of carbonyl (C=O) groups is 1. The first-order chi connectivity index (χ1) is 13.5. The van der Waals surface area contributed by atoms with E-state index in [-0.39, 0.29) is 11.2 Å². The van der Waals surface area contributed by atoms with Crippen molar-refractivity contribution in [3.05, 3.63) is 28.2 Å². The normalized spacial score (nSPS) is 18.2. The summed E-state index contributed by atoms with van der Waals surface area (Å²) in [4.78, 5) is 15.0. The molecule has 1 N–H and O–H groups in total.